The third kappa shape index (κ3) is 12.2. The summed E-state index contributed by atoms with van der Waals surface area (Å²) in [5.74, 6) is -1.02. The van der Waals surface area contributed by atoms with Crippen molar-refractivity contribution in [2.75, 3.05) is 55.5 Å². The lowest BCUT2D eigenvalue weighted by Gasteiger charge is -2.16. The second-order valence-corrected chi connectivity index (χ2v) is 15.7. The molecular weight excluding hydrogens is 905 g/mol. The summed E-state index contributed by atoms with van der Waals surface area (Å²) in [7, 11) is 5.41. The standard InChI is InChI=1S/C23H20Cl3N5O2.C22H17ClFN5O2/c1-27-21(31(2)3)13-4-7-16(18(26)10-13)22(32)29-19-8-5-14(24)11-17(19)23(33)30-20-9-6-15(25)12-28-20;23-15-5-8-19(26-12-15)28-22(31)17-11-16(24)6-7-18(17)27-21(30)14-3-1-13(2-4-14)20(25)29-9-10-29/h4-12H,1-3H3,(H,29,32)(H,28,30,33);1-8,11-12,25H,9-10H2,(H,27,30)(H,26,28,31). The number of halogens is 5. The average Bonchev–Trinajstić information content (AvgIpc) is 4.13. The van der Waals surface area contributed by atoms with E-state index in [4.69, 9.17) is 51.8 Å². The van der Waals surface area contributed by atoms with Gasteiger partial charge in [0.2, 0.25) is 0 Å². The molecule has 1 aliphatic heterocycles. The molecule has 0 aliphatic carbocycles. The summed E-state index contributed by atoms with van der Waals surface area (Å²) >= 11 is 24.1. The Kier molecular flexibility index (Phi) is 15.3. The monoisotopic (exact) mass is 940 g/mol. The molecule has 0 unspecified atom stereocenters. The van der Waals surface area contributed by atoms with E-state index >= 15 is 0 Å². The number of benzene rings is 4. The molecule has 0 bridgehead atoms. The number of carbonyl (C=O) groups is 4. The van der Waals surface area contributed by atoms with Crippen LogP contribution >= 0.6 is 46.4 Å². The van der Waals surface area contributed by atoms with Gasteiger partial charge >= 0.3 is 0 Å². The molecule has 14 nitrogen and oxygen atoms in total. The molecule has 6 aromatic rings. The summed E-state index contributed by atoms with van der Waals surface area (Å²) in [6.07, 6.45) is 2.78. The summed E-state index contributed by atoms with van der Waals surface area (Å²) in [6, 6.07) is 25.9. The quantitative estimate of drug-likeness (QED) is 0.0511. The van der Waals surface area contributed by atoms with E-state index in [1.807, 2.05) is 23.9 Å². The van der Waals surface area contributed by atoms with Gasteiger partial charge < -0.3 is 31.1 Å². The number of nitrogens with zero attached hydrogens (tertiary/aromatic N) is 5. The summed E-state index contributed by atoms with van der Waals surface area (Å²) in [5.41, 5.74) is 2.60. The van der Waals surface area contributed by atoms with Crippen molar-refractivity contribution in [2.24, 2.45) is 4.99 Å². The molecule has 0 saturated carbocycles. The van der Waals surface area contributed by atoms with E-state index in [0.29, 0.717) is 37.8 Å². The van der Waals surface area contributed by atoms with Crippen LogP contribution in [0.5, 0.6) is 0 Å². The number of nitrogens with one attached hydrogen (secondary N) is 5. The van der Waals surface area contributed by atoms with Gasteiger partial charge in [0.15, 0.2) is 0 Å². The van der Waals surface area contributed by atoms with Crippen LogP contribution < -0.4 is 21.3 Å². The zero-order valence-electron chi connectivity index (χ0n) is 34.1. The molecule has 1 saturated heterocycles. The highest BCUT2D eigenvalue weighted by molar-refractivity contribution is 6.35. The summed E-state index contributed by atoms with van der Waals surface area (Å²) in [5, 5.41) is 20.0. The van der Waals surface area contributed by atoms with Crippen LogP contribution in [-0.2, 0) is 0 Å². The minimum Gasteiger partial charge on any atom is -0.363 e. The Morgan fingerprint density at radius 3 is 1.62 bits per heavy atom. The molecule has 0 spiro atoms. The topological polar surface area (TPSA) is 185 Å². The number of rotatable bonds is 10. The molecule has 1 aliphatic rings. The molecule has 1 fully saturated rings. The van der Waals surface area contributed by atoms with Crippen molar-refractivity contribution >= 4 is 105 Å². The smallest absolute Gasteiger partial charge is 0.259 e. The van der Waals surface area contributed by atoms with Gasteiger partial charge in [-0.05, 0) is 84.9 Å². The fourth-order valence-corrected chi connectivity index (χ4v) is 6.60. The fourth-order valence-electron chi connectivity index (χ4n) is 5.94. The van der Waals surface area contributed by atoms with Crippen LogP contribution in [-0.4, -0.2) is 89.3 Å². The molecular formula is C45H37Cl4FN10O4. The predicted molar refractivity (Wildman–Crippen MR) is 251 cm³/mol. The summed E-state index contributed by atoms with van der Waals surface area (Å²) < 4.78 is 13.8. The molecule has 0 atom stereocenters. The first-order valence-electron chi connectivity index (χ1n) is 19.1. The number of amides is 4. The number of pyridine rings is 2. The van der Waals surface area contributed by atoms with Crippen molar-refractivity contribution in [3.63, 3.8) is 0 Å². The predicted octanol–water partition coefficient (Wildman–Crippen LogP) is 9.50. The van der Waals surface area contributed by atoms with Gasteiger partial charge in [-0.2, -0.15) is 0 Å². The molecule has 2 aromatic heterocycles. The first-order chi connectivity index (χ1) is 30.6. The number of anilines is 4. The van der Waals surface area contributed by atoms with Gasteiger partial charge in [-0.1, -0.05) is 64.6 Å². The number of carbonyl (C=O) groups excluding carboxylic acids is 4. The van der Waals surface area contributed by atoms with Crippen LogP contribution in [0.25, 0.3) is 0 Å². The van der Waals surface area contributed by atoms with E-state index in [0.717, 1.165) is 36.6 Å². The van der Waals surface area contributed by atoms with Gasteiger partial charge in [0.25, 0.3) is 23.6 Å². The number of aromatic nitrogens is 2. The zero-order valence-corrected chi connectivity index (χ0v) is 37.2. The van der Waals surface area contributed by atoms with Gasteiger partial charge in [0.05, 0.1) is 43.1 Å². The zero-order chi connectivity index (χ0) is 46.1. The SMILES string of the molecule is CN=C(c1ccc(C(=O)Nc2ccc(Cl)cc2C(=O)Nc2ccc(Cl)cn2)c(Cl)c1)N(C)C.N=C(c1ccc(C(=O)Nc2ccc(F)cc2C(=O)Nc2ccc(Cl)cn2)cc1)N1CC1. The third-order valence-electron chi connectivity index (χ3n) is 9.18. The number of aliphatic imine (C=N–C) groups is 1. The molecule has 0 radical (unpaired) electrons. The highest BCUT2D eigenvalue weighted by Gasteiger charge is 2.23. The molecule has 7 rings (SSSR count). The minimum atomic E-state index is -0.632. The van der Waals surface area contributed by atoms with Gasteiger partial charge in [-0.25, -0.2) is 14.4 Å². The first kappa shape index (κ1) is 46.6. The molecule has 4 aromatic carbocycles. The van der Waals surface area contributed by atoms with Crippen molar-refractivity contribution in [3.8, 4) is 0 Å². The normalized spacial score (nSPS) is 11.7. The Balaban J connectivity index is 0.000000213. The van der Waals surface area contributed by atoms with Crippen molar-refractivity contribution in [3.05, 3.63) is 175 Å². The number of hydrogen-bond donors (Lipinski definition) is 5. The molecule has 5 N–H and O–H groups in total. The number of hydrogen-bond acceptors (Lipinski definition) is 8. The Morgan fingerprint density at radius 1 is 0.609 bits per heavy atom. The van der Waals surface area contributed by atoms with E-state index in [1.54, 1.807) is 79.8 Å². The lowest BCUT2D eigenvalue weighted by molar-refractivity contribution is 0.101. The molecule has 64 heavy (non-hydrogen) atoms. The highest BCUT2D eigenvalue weighted by atomic mass is 35.5. The summed E-state index contributed by atoms with van der Waals surface area (Å²) in [6.45, 7) is 1.73. The van der Waals surface area contributed by atoms with E-state index in [1.165, 1.54) is 30.6 Å². The van der Waals surface area contributed by atoms with Gasteiger partial charge in [-0.3, -0.25) is 29.6 Å². The van der Waals surface area contributed by atoms with Gasteiger partial charge in [0, 0.05) is 68.3 Å². The maximum atomic E-state index is 13.8. The van der Waals surface area contributed by atoms with Crippen molar-refractivity contribution in [1.82, 2.24) is 19.8 Å². The van der Waals surface area contributed by atoms with E-state index in [9.17, 15) is 23.6 Å². The second-order valence-electron chi connectivity index (χ2n) is 14.0. The fraction of sp³-hybridized carbons (Fsp3) is 0.111. The Bertz CT molecular complexity index is 2770. The largest absolute Gasteiger partial charge is 0.363 e. The van der Waals surface area contributed by atoms with Crippen molar-refractivity contribution < 1.29 is 23.6 Å². The first-order valence-corrected chi connectivity index (χ1v) is 20.6. The van der Waals surface area contributed by atoms with E-state index in [-0.39, 0.29) is 38.9 Å². The number of amidine groups is 2. The van der Waals surface area contributed by atoms with Crippen molar-refractivity contribution in [1.29, 1.82) is 5.41 Å². The van der Waals surface area contributed by atoms with Crippen LogP contribution in [0.3, 0.4) is 0 Å². The van der Waals surface area contributed by atoms with Gasteiger partial charge in [0.1, 0.15) is 29.1 Å². The van der Waals surface area contributed by atoms with Crippen molar-refractivity contribution in [2.45, 2.75) is 0 Å². The van der Waals surface area contributed by atoms with Crippen LogP contribution in [0.4, 0.5) is 27.4 Å². The van der Waals surface area contributed by atoms with Crippen LogP contribution in [0, 0.1) is 11.2 Å². The van der Waals surface area contributed by atoms with Crippen LogP contribution in [0.1, 0.15) is 52.6 Å². The third-order valence-corrected chi connectivity index (χ3v) is 10.2. The van der Waals surface area contributed by atoms with Crippen LogP contribution in [0.2, 0.25) is 20.1 Å². The van der Waals surface area contributed by atoms with Crippen LogP contribution in [0.15, 0.2) is 121 Å². The van der Waals surface area contributed by atoms with E-state index < -0.39 is 29.4 Å². The lowest BCUT2D eigenvalue weighted by atomic mass is 10.1. The minimum absolute atomic E-state index is 0.0509. The molecule has 326 valence electrons. The molecule has 4 amide bonds. The molecule has 19 heteroatoms. The second kappa shape index (κ2) is 21.0. The lowest BCUT2D eigenvalue weighted by Crippen LogP contribution is -2.23. The molecule has 3 heterocycles. The average molecular weight is 943 g/mol. The van der Waals surface area contributed by atoms with E-state index in [2.05, 4.69) is 36.2 Å². The maximum absolute atomic E-state index is 13.8. The highest BCUT2D eigenvalue weighted by Crippen LogP contribution is 2.26. The Morgan fingerprint density at radius 2 is 1.11 bits per heavy atom. The summed E-state index contributed by atoms with van der Waals surface area (Å²) in [4.78, 5) is 67.1. The Labute approximate surface area is 386 Å². The van der Waals surface area contributed by atoms with Gasteiger partial charge in [-0.15, -0.1) is 0 Å². The maximum Gasteiger partial charge on any atom is 0.259 e. The Hall–Kier alpha value is -6.91.